The molecule has 2 aromatic carbocycles. The molecular formula is C14H11BrFN3. The van der Waals surface area contributed by atoms with Crippen LogP contribution in [0.4, 0.5) is 10.3 Å². The molecule has 3 nitrogen and oxygen atoms in total. The molecule has 1 aromatic heterocycles. The van der Waals surface area contributed by atoms with Crippen LogP contribution in [0, 0.1) is 5.82 Å². The summed E-state index contributed by atoms with van der Waals surface area (Å²) < 4.78 is 16.5. The molecule has 3 rings (SSSR count). The van der Waals surface area contributed by atoms with E-state index in [-0.39, 0.29) is 5.82 Å². The average molecular weight is 320 g/mol. The Morgan fingerprint density at radius 1 is 1.21 bits per heavy atom. The van der Waals surface area contributed by atoms with Crippen LogP contribution in [0.3, 0.4) is 0 Å². The van der Waals surface area contributed by atoms with Gasteiger partial charge in [0.15, 0.2) is 0 Å². The Balaban J connectivity index is 2.12. The quantitative estimate of drug-likeness (QED) is 0.784. The van der Waals surface area contributed by atoms with Crippen molar-refractivity contribution in [1.82, 2.24) is 9.55 Å². The molecule has 1 heterocycles. The van der Waals surface area contributed by atoms with Crippen LogP contribution in [0.2, 0.25) is 0 Å². The summed E-state index contributed by atoms with van der Waals surface area (Å²) in [6.45, 7) is 0.367. The van der Waals surface area contributed by atoms with Gasteiger partial charge in [-0.25, -0.2) is 9.37 Å². The molecule has 5 heteroatoms. The molecule has 19 heavy (non-hydrogen) atoms. The van der Waals surface area contributed by atoms with Crippen LogP contribution in [-0.2, 0) is 6.54 Å². The lowest BCUT2D eigenvalue weighted by Gasteiger charge is -2.07. The smallest absolute Gasteiger partial charge is 0.201 e. The van der Waals surface area contributed by atoms with Gasteiger partial charge >= 0.3 is 0 Å². The molecule has 0 amide bonds. The van der Waals surface area contributed by atoms with E-state index < -0.39 is 0 Å². The van der Waals surface area contributed by atoms with E-state index in [1.165, 1.54) is 6.07 Å². The molecule has 0 aliphatic rings. The van der Waals surface area contributed by atoms with E-state index >= 15 is 0 Å². The van der Waals surface area contributed by atoms with Gasteiger partial charge in [-0.15, -0.1) is 0 Å². The molecule has 0 radical (unpaired) electrons. The maximum Gasteiger partial charge on any atom is 0.201 e. The van der Waals surface area contributed by atoms with Crippen molar-refractivity contribution >= 4 is 32.9 Å². The number of nitrogen functional groups attached to an aromatic ring is 1. The van der Waals surface area contributed by atoms with Crippen LogP contribution in [0.25, 0.3) is 11.0 Å². The molecule has 0 aliphatic heterocycles. The summed E-state index contributed by atoms with van der Waals surface area (Å²) >= 11 is 3.42. The Kier molecular flexibility index (Phi) is 2.98. The number of fused-ring (bicyclic) bond motifs is 1. The second-order valence-electron chi connectivity index (χ2n) is 4.28. The third kappa shape index (κ3) is 2.21. The maximum absolute atomic E-state index is 13.7. The number of hydrogen-bond donors (Lipinski definition) is 1. The van der Waals surface area contributed by atoms with E-state index in [4.69, 9.17) is 5.73 Å². The number of halogens is 2. The molecule has 0 fully saturated rings. The highest BCUT2D eigenvalue weighted by Crippen LogP contribution is 2.23. The van der Waals surface area contributed by atoms with Crippen molar-refractivity contribution in [2.24, 2.45) is 0 Å². The zero-order valence-electron chi connectivity index (χ0n) is 9.98. The first kappa shape index (κ1) is 12.2. The van der Waals surface area contributed by atoms with Gasteiger partial charge in [-0.3, -0.25) is 0 Å². The molecule has 3 aromatic rings. The first-order chi connectivity index (χ1) is 9.15. The Morgan fingerprint density at radius 2 is 2.00 bits per heavy atom. The number of nitrogens with two attached hydrogens (primary N) is 1. The fraction of sp³-hybridized carbons (Fsp3) is 0.0714. The van der Waals surface area contributed by atoms with E-state index in [1.807, 2.05) is 24.3 Å². The molecule has 0 aliphatic carbocycles. The zero-order valence-corrected chi connectivity index (χ0v) is 11.6. The molecule has 96 valence electrons. The molecule has 0 spiro atoms. The monoisotopic (exact) mass is 319 g/mol. The minimum Gasteiger partial charge on any atom is -0.369 e. The highest BCUT2D eigenvalue weighted by atomic mass is 79.9. The van der Waals surface area contributed by atoms with Gasteiger partial charge in [0, 0.05) is 10.0 Å². The largest absolute Gasteiger partial charge is 0.369 e. The van der Waals surface area contributed by atoms with Crippen LogP contribution in [0.15, 0.2) is 46.9 Å². The van der Waals surface area contributed by atoms with Crippen LogP contribution in [0.5, 0.6) is 0 Å². The van der Waals surface area contributed by atoms with Gasteiger partial charge in [0.25, 0.3) is 0 Å². The predicted molar refractivity (Wildman–Crippen MR) is 77.3 cm³/mol. The van der Waals surface area contributed by atoms with Gasteiger partial charge in [0.05, 0.1) is 17.6 Å². The standard InChI is InChI=1S/C14H11BrFN3/c15-10-5-6-12-13(7-10)19(14(17)18-12)8-9-3-1-2-4-11(9)16/h1-7H,8H2,(H2,17,18). The number of hydrogen-bond acceptors (Lipinski definition) is 2. The third-order valence-corrected chi connectivity index (χ3v) is 3.52. The Labute approximate surface area is 118 Å². The molecule has 2 N–H and O–H groups in total. The normalized spacial score (nSPS) is 11.1. The average Bonchev–Trinajstić information content (AvgIpc) is 2.69. The predicted octanol–water partition coefficient (Wildman–Crippen LogP) is 3.57. The summed E-state index contributed by atoms with van der Waals surface area (Å²) in [5.41, 5.74) is 8.19. The fourth-order valence-corrected chi connectivity index (χ4v) is 2.43. The summed E-state index contributed by atoms with van der Waals surface area (Å²) in [7, 11) is 0. The minimum absolute atomic E-state index is 0.237. The fourth-order valence-electron chi connectivity index (χ4n) is 2.08. The van der Waals surface area contributed by atoms with Crippen LogP contribution >= 0.6 is 15.9 Å². The van der Waals surface area contributed by atoms with Crippen LogP contribution < -0.4 is 5.73 Å². The van der Waals surface area contributed by atoms with Gasteiger partial charge in [-0.1, -0.05) is 34.1 Å². The number of rotatable bonds is 2. The van der Waals surface area contributed by atoms with Crippen molar-refractivity contribution in [2.75, 3.05) is 5.73 Å². The molecule has 0 unspecified atom stereocenters. The summed E-state index contributed by atoms with van der Waals surface area (Å²) in [5.74, 6) is 0.148. The highest BCUT2D eigenvalue weighted by Gasteiger charge is 2.10. The van der Waals surface area contributed by atoms with Gasteiger partial charge in [0.1, 0.15) is 5.82 Å². The van der Waals surface area contributed by atoms with Gasteiger partial charge in [0.2, 0.25) is 5.95 Å². The topological polar surface area (TPSA) is 43.8 Å². The summed E-state index contributed by atoms with van der Waals surface area (Å²) in [5, 5.41) is 0. The SMILES string of the molecule is Nc1nc2ccc(Br)cc2n1Cc1ccccc1F. The first-order valence-electron chi connectivity index (χ1n) is 5.80. The second kappa shape index (κ2) is 4.66. The van der Waals surface area contributed by atoms with E-state index in [0.29, 0.717) is 18.1 Å². The van der Waals surface area contributed by atoms with E-state index in [0.717, 1.165) is 15.5 Å². The van der Waals surface area contributed by atoms with Crippen molar-refractivity contribution in [3.63, 3.8) is 0 Å². The number of aromatic nitrogens is 2. The van der Waals surface area contributed by atoms with Gasteiger partial charge < -0.3 is 10.3 Å². The van der Waals surface area contributed by atoms with Crippen molar-refractivity contribution in [3.05, 3.63) is 58.3 Å². The Bertz CT molecular complexity index is 752. The summed E-state index contributed by atoms with van der Waals surface area (Å²) in [4.78, 5) is 4.28. The van der Waals surface area contributed by atoms with Crippen molar-refractivity contribution < 1.29 is 4.39 Å². The van der Waals surface area contributed by atoms with E-state index in [2.05, 4.69) is 20.9 Å². The maximum atomic E-state index is 13.7. The van der Waals surface area contributed by atoms with Gasteiger partial charge in [-0.2, -0.15) is 0 Å². The molecule has 0 atom stereocenters. The van der Waals surface area contributed by atoms with Crippen molar-refractivity contribution in [1.29, 1.82) is 0 Å². The molecule has 0 saturated heterocycles. The Hall–Kier alpha value is -1.88. The summed E-state index contributed by atoms with van der Waals surface area (Å²) in [6, 6.07) is 12.4. The molecule has 0 bridgehead atoms. The number of benzene rings is 2. The lowest BCUT2D eigenvalue weighted by molar-refractivity contribution is 0.602. The minimum atomic E-state index is -0.237. The van der Waals surface area contributed by atoms with E-state index in [9.17, 15) is 4.39 Å². The van der Waals surface area contributed by atoms with Crippen molar-refractivity contribution in [2.45, 2.75) is 6.54 Å². The Morgan fingerprint density at radius 3 is 2.79 bits per heavy atom. The van der Waals surface area contributed by atoms with Crippen LogP contribution in [-0.4, -0.2) is 9.55 Å². The van der Waals surface area contributed by atoms with Gasteiger partial charge in [-0.05, 0) is 24.3 Å². The lowest BCUT2D eigenvalue weighted by atomic mass is 10.2. The number of imidazole rings is 1. The van der Waals surface area contributed by atoms with Crippen LogP contribution in [0.1, 0.15) is 5.56 Å². The zero-order chi connectivity index (χ0) is 13.4. The molecule has 0 saturated carbocycles. The highest BCUT2D eigenvalue weighted by molar-refractivity contribution is 9.10. The van der Waals surface area contributed by atoms with E-state index in [1.54, 1.807) is 16.7 Å². The number of nitrogens with zero attached hydrogens (tertiary/aromatic N) is 2. The third-order valence-electron chi connectivity index (χ3n) is 3.03. The molecular weight excluding hydrogens is 309 g/mol. The summed E-state index contributed by atoms with van der Waals surface area (Å²) in [6.07, 6.45) is 0. The lowest BCUT2D eigenvalue weighted by Crippen LogP contribution is -2.05. The number of anilines is 1. The second-order valence-corrected chi connectivity index (χ2v) is 5.20. The first-order valence-corrected chi connectivity index (χ1v) is 6.59. The van der Waals surface area contributed by atoms with Crippen molar-refractivity contribution in [3.8, 4) is 0 Å².